The summed E-state index contributed by atoms with van der Waals surface area (Å²) in [6.45, 7) is 5.46. The van der Waals surface area contributed by atoms with Crippen molar-refractivity contribution in [2.75, 3.05) is 13.2 Å². The Hall–Kier alpha value is -1.95. The van der Waals surface area contributed by atoms with Gasteiger partial charge in [-0.05, 0) is 30.7 Å². The summed E-state index contributed by atoms with van der Waals surface area (Å²) >= 11 is 0. The monoisotopic (exact) mass is 428 g/mol. The largest absolute Gasteiger partial charge is 1.00 e. The van der Waals surface area contributed by atoms with Crippen molar-refractivity contribution in [2.45, 2.75) is 45.6 Å². The first-order valence-electron chi connectivity index (χ1n) is 11.0. The summed E-state index contributed by atoms with van der Waals surface area (Å²) < 4.78 is 7.42. The van der Waals surface area contributed by atoms with Crippen molar-refractivity contribution in [3.05, 3.63) is 95.5 Å². The summed E-state index contributed by atoms with van der Waals surface area (Å²) in [6.07, 6.45) is 8.89. The molecule has 7 heteroatoms. The first kappa shape index (κ1) is 29.1. The second-order valence-corrected chi connectivity index (χ2v) is 7.21. The predicted molar refractivity (Wildman–Crippen MR) is 125 cm³/mol. The Morgan fingerprint density at radius 2 is 1.70 bits per heavy atom. The molecule has 0 aliphatic carbocycles. The van der Waals surface area contributed by atoms with Crippen LogP contribution in [0.15, 0.2) is 72.7 Å². The van der Waals surface area contributed by atoms with E-state index in [4.69, 9.17) is 10.1 Å². The molecule has 3 aromatic rings. The number of aromatic nitrogens is 3. The maximum atomic E-state index is 5.87. The van der Waals surface area contributed by atoms with E-state index in [1.54, 1.807) is 11.0 Å². The third-order valence-electron chi connectivity index (χ3n) is 4.90. The minimum atomic E-state index is -0.159. The molecule has 1 unspecified atom stereocenters. The molecule has 33 heavy (non-hydrogen) atoms. The zero-order valence-corrected chi connectivity index (χ0v) is 20.4. The van der Waals surface area contributed by atoms with Crippen LogP contribution in [0, 0.1) is 6.33 Å². The molecule has 0 bridgehead atoms. The van der Waals surface area contributed by atoms with Crippen molar-refractivity contribution in [1.82, 2.24) is 14.8 Å². The SMILES string of the molecule is CCCCCC[N-]C(C(=C=C(OCC)n1cn[c-]n1)c1ccccc1)c1ccccc1.[Li+].[Li+]. The van der Waals surface area contributed by atoms with Gasteiger partial charge in [-0.3, -0.25) is 9.78 Å². The van der Waals surface area contributed by atoms with Crippen LogP contribution in [0.3, 0.4) is 0 Å². The summed E-state index contributed by atoms with van der Waals surface area (Å²) in [5.41, 5.74) is 6.61. The van der Waals surface area contributed by atoms with E-state index in [1.807, 2.05) is 31.2 Å². The Morgan fingerprint density at radius 1 is 1.00 bits per heavy atom. The Bertz CT molecular complexity index is 956. The molecule has 0 aliphatic heterocycles. The number of unbranched alkanes of at least 4 members (excludes halogenated alkanes) is 3. The van der Waals surface area contributed by atoms with Gasteiger partial charge in [0.15, 0.2) is 0 Å². The number of ether oxygens (including phenoxy) is 1. The third kappa shape index (κ3) is 9.08. The van der Waals surface area contributed by atoms with E-state index >= 15 is 0 Å². The molecular formula is C26H30Li2N4O. The van der Waals surface area contributed by atoms with Gasteiger partial charge in [0.2, 0.25) is 5.88 Å². The molecule has 1 atom stereocenters. The standard InChI is InChI=1S/C26H30N4O.2Li/c1-3-5-6-13-18-28-26(23-16-11-8-12-17-23)24(22-14-9-7-10-15-22)19-25(31-4-2)30-21-27-20-29-30;;/h7-12,14-17,21,26H,3-6,13,18H2,1-2H3;;/q-2;2*+1. The fraction of sp³-hybridized carbons (Fsp3) is 0.346. The van der Waals surface area contributed by atoms with Crippen LogP contribution in [0.4, 0.5) is 0 Å². The maximum Gasteiger partial charge on any atom is 1.00 e. The van der Waals surface area contributed by atoms with Crippen LogP contribution >= 0.6 is 0 Å². The summed E-state index contributed by atoms with van der Waals surface area (Å²) in [4.78, 5) is 3.94. The van der Waals surface area contributed by atoms with Gasteiger partial charge in [0, 0.05) is 0 Å². The third-order valence-corrected chi connectivity index (χ3v) is 4.90. The number of rotatable bonds is 12. The second-order valence-electron chi connectivity index (χ2n) is 7.21. The van der Waals surface area contributed by atoms with Crippen LogP contribution < -0.4 is 37.7 Å². The normalized spacial score (nSPS) is 10.8. The minimum Gasteiger partial charge on any atom is -0.651 e. The smallest absolute Gasteiger partial charge is 0.651 e. The molecular weight excluding hydrogens is 398 g/mol. The van der Waals surface area contributed by atoms with Crippen LogP contribution in [0.5, 0.6) is 0 Å². The van der Waals surface area contributed by atoms with Crippen molar-refractivity contribution in [3.63, 3.8) is 0 Å². The van der Waals surface area contributed by atoms with Crippen LogP contribution in [0.25, 0.3) is 16.8 Å². The number of benzene rings is 2. The predicted octanol–water partition coefficient (Wildman–Crippen LogP) is 0.299. The van der Waals surface area contributed by atoms with E-state index in [9.17, 15) is 0 Å². The molecule has 2 aromatic carbocycles. The number of nitrogens with zero attached hydrogens (tertiary/aromatic N) is 4. The van der Waals surface area contributed by atoms with Crippen LogP contribution in [0.1, 0.15) is 56.7 Å². The molecule has 0 spiro atoms. The molecule has 0 saturated heterocycles. The maximum absolute atomic E-state index is 5.87. The summed E-state index contributed by atoms with van der Waals surface area (Å²) in [7, 11) is 0. The van der Waals surface area contributed by atoms with Gasteiger partial charge in [0.25, 0.3) is 0 Å². The Kier molecular flexibility index (Phi) is 14.7. The van der Waals surface area contributed by atoms with E-state index in [2.05, 4.69) is 65.5 Å². The number of hydrogen-bond donors (Lipinski definition) is 0. The van der Waals surface area contributed by atoms with Crippen LogP contribution in [-0.2, 0) is 4.74 Å². The average Bonchev–Trinajstić information content (AvgIpc) is 3.36. The van der Waals surface area contributed by atoms with Crippen LogP contribution in [-0.4, -0.2) is 27.9 Å². The van der Waals surface area contributed by atoms with Gasteiger partial charge in [-0.25, -0.2) is 0 Å². The summed E-state index contributed by atoms with van der Waals surface area (Å²) in [5.74, 6) is 0.484. The van der Waals surface area contributed by atoms with E-state index < -0.39 is 0 Å². The zero-order valence-electron chi connectivity index (χ0n) is 20.4. The molecule has 0 aliphatic rings. The Morgan fingerprint density at radius 3 is 2.30 bits per heavy atom. The van der Waals surface area contributed by atoms with Gasteiger partial charge in [-0.2, -0.15) is 0 Å². The van der Waals surface area contributed by atoms with Gasteiger partial charge < -0.3 is 15.0 Å². The van der Waals surface area contributed by atoms with Gasteiger partial charge in [0.05, 0.1) is 6.61 Å². The Balaban J connectivity index is 0.00000272. The quantitative estimate of drug-likeness (QED) is 0.137. The molecule has 1 heterocycles. The second kappa shape index (κ2) is 16.6. The van der Waals surface area contributed by atoms with Crippen LogP contribution in [0.2, 0.25) is 0 Å². The van der Waals surface area contributed by atoms with E-state index in [0.717, 1.165) is 29.7 Å². The molecule has 0 amide bonds. The van der Waals surface area contributed by atoms with Crippen molar-refractivity contribution in [3.8, 4) is 0 Å². The fourth-order valence-electron chi connectivity index (χ4n) is 3.36. The topological polar surface area (TPSA) is 54.0 Å². The number of hydrogen-bond acceptors (Lipinski definition) is 3. The first-order valence-corrected chi connectivity index (χ1v) is 11.0. The Labute approximate surface area is 222 Å². The summed E-state index contributed by atoms with van der Waals surface area (Å²) in [6, 6.07) is 20.5. The van der Waals surface area contributed by atoms with Crippen molar-refractivity contribution < 1.29 is 42.5 Å². The van der Waals surface area contributed by atoms with E-state index in [1.165, 1.54) is 19.3 Å². The van der Waals surface area contributed by atoms with Crippen molar-refractivity contribution >= 4 is 11.5 Å². The zero-order chi connectivity index (χ0) is 21.7. The molecule has 162 valence electrons. The molecule has 0 N–H and O–H groups in total. The minimum absolute atomic E-state index is 0. The molecule has 0 fully saturated rings. The van der Waals surface area contributed by atoms with Gasteiger partial charge >= 0.3 is 37.7 Å². The molecule has 5 nitrogen and oxygen atoms in total. The van der Waals surface area contributed by atoms with Crippen molar-refractivity contribution in [2.24, 2.45) is 0 Å². The molecule has 1 aromatic heterocycles. The van der Waals surface area contributed by atoms with Gasteiger partial charge in [-0.15, -0.1) is 6.54 Å². The van der Waals surface area contributed by atoms with E-state index in [-0.39, 0.29) is 43.8 Å². The van der Waals surface area contributed by atoms with Crippen molar-refractivity contribution in [1.29, 1.82) is 0 Å². The molecule has 0 radical (unpaired) electrons. The van der Waals surface area contributed by atoms with Gasteiger partial charge in [-0.1, -0.05) is 111 Å². The fourth-order valence-corrected chi connectivity index (χ4v) is 3.36. The summed E-state index contributed by atoms with van der Waals surface area (Å²) in [5, 5.41) is 9.24. The molecule has 3 rings (SSSR count). The van der Waals surface area contributed by atoms with E-state index in [0.29, 0.717) is 12.5 Å². The average molecular weight is 428 g/mol. The van der Waals surface area contributed by atoms with Gasteiger partial charge in [0.1, 0.15) is 0 Å². The molecule has 0 saturated carbocycles. The first-order chi connectivity index (χ1) is 15.3.